The van der Waals surface area contributed by atoms with Crippen LogP contribution in [0.2, 0.25) is 0 Å². The molecule has 0 bridgehead atoms. The Morgan fingerprint density at radius 3 is 2.47 bits per heavy atom. The van der Waals surface area contributed by atoms with Crippen LogP contribution in [0.3, 0.4) is 0 Å². The van der Waals surface area contributed by atoms with Gasteiger partial charge < -0.3 is 9.64 Å². The topological polar surface area (TPSA) is 67.7 Å². The van der Waals surface area contributed by atoms with Crippen molar-refractivity contribution >= 4 is 16.8 Å². The summed E-state index contributed by atoms with van der Waals surface area (Å²) in [5.74, 6) is 0.790. The van der Waals surface area contributed by atoms with Gasteiger partial charge in [0.2, 0.25) is 0 Å². The highest BCUT2D eigenvalue weighted by Crippen LogP contribution is 2.21. The van der Waals surface area contributed by atoms with Crippen molar-refractivity contribution in [2.24, 2.45) is 0 Å². The van der Waals surface area contributed by atoms with Crippen molar-refractivity contribution in [1.29, 1.82) is 0 Å². The third-order valence-corrected chi connectivity index (χ3v) is 5.83. The molecule has 3 aromatic rings. The fourth-order valence-electron chi connectivity index (χ4n) is 4.07. The van der Waals surface area contributed by atoms with Crippen molar-refractivity contribution in [3.63, 3.8) is 0 Å². The van der Waals surface area contributed by atoms with Gasteiger partial charge in [-0.1, -0.05) is 6.07 Å². The number of rotatable bonds is 6. The predicted molar refractivity (Wildman–Crippen MR) is 121 cm³/mol. The number of ether oxygens (including phenoxy) is 1. The van der Waals surface area contributed by atoms with E-state index in [0.29, 0.717) is 73.9 Å². The molecule has 7 nitrogen and oxygen atoms in total. The maximum atomic E-state index is 13.2. The highest BCUT2D eigenvalue weighted by atomic mass is 19.1. The molecule has 0 spiro atoms. The first-order chi connectivity index (χ1) is 15.5. The van der Waals surface area contributed by atoms with Crippen LogP contribution in [-0.2, 0) is 6.54 Å². The molecule has 1 aliphatic rings. The molecule has 0 saturated carbocycles. The number of aryl methyl sites for hydroxylation is 1. The Labute approximate surface area is 186 Å². The van der Waals surface area contributed by atoms with E-state index in [-0.39, 0.29) is 17.3 Å². The minimum Gasteiger partial charge on any atom is -0.493 e. The summed E-state index contributed by atoms with van der Waals surface area (Å²) in [5, 5.41) is 0.509. The van der Waals surface area contributed by atoms with E-state index in [9.17, 15) is 14.0 Å². The van der Waals surface area contributed by atoms with Gasteiger partial charge in [0.05, 0.1) is 12.1 Å². The van der Waals surface area contributed by atoms with Crippen LogP contribution in [0.25, 0.3) is 10.9 Å². The van der Waals surface area contributed by atoms with Gasteiger partial charge in [0, 0.05) is 44.8 Å². The number of hydrogen-bond donors (Lipinski definition) is 0. The van der Waals surface area contributed by atoms with Gasteiger partial charge in [0.25, 0.3) is 11.5 Å². The van der Waals surface area contributed by atoms with E-state index in [2.05, 4.69) is 9.88 Å². The molecule has 0 radical (unpaired) electrons. The fourth-order valence-corrected chi connectivity index (χ4v) is 4.07. The van der Waals surface area contributed by atoms with Crippen LogP contribution >= 0.6 is 0 Å². The molecule has 2 aromatic carbocycles. The molecule has 1 aromatic heterocycles. The monoisotopic (exact) mass is 438 g/mol. The zero-order valence-electron chi connectivity index (χ0n) is 18.4. The number of halogens is 1. The number of hydrogen-bond acceptors (Lipinski definition) is 5. The fraction of sp³-hybridized carbons (Fsp3) is 0.375. The molecule has 0 unspecified atom stereocenters. The lowest BCUT2D eigenvalue weighted by molar-refractivity contribution is 0.0632. The third kappa shape index (κ3) is 4.50. The van der Waals surface area contributed by atoms with Crippen molar-refractivity contribution in [2.75, 3.05) is 39.3 Å². The molecular formula is C24H27FN4O3. The Morgan fingerprint density at radius 2 is 1.78 bits per heavy atom. The number of fused-ring (bicyclic) bond motifs is 1. The first-order valence-corrected chi connectivity index (χ1v) is 10.9. The standard InChI is InChI=1S/C24H27FN4O3/c1-3-32-21-6-4-5-20-22(21)24(31)29(17(2)26-20)16-13-27-11-14-28(15-12-27)23(30)18-7-9-19(25)10-8-18/h4-10H,3,11-16H2,1-2H3. The molecule has 168 valence electrons. The van der Waals surface area contributed by atoms with Gasteiger partial charge in [-0.25, -0.2) is 9.37 Å². The molecule has 0 N–H and O–H groups in total. The Hall–Kier alpha value is -3.26. The number of piperazine rings is 1. The van der Waals surface area contributed by atoms with E-state index in [1.807, 2.05) is 26.0 Å². The van der Waals surface area contributed by atoms with E-state index < -0.39 is 0 Å². The average molecular weight is 439 g/mol. The zero-order valence-corrected chi connectivity index (χ0v) is 18.4. The largest absolute Gasteiger partial charge is 0.493 e. The minimum atomic E-state index is -0.353. The molecule has 0 atom stereocenters. The quantitative estimate of drug-likeness (QED) is 0.592. The first-order valence-electron chi connectivity index (χ1n) is 10.9. The van der Waals surface area contributed by atoms with Crippen LogP contribution < -0.4 is 10.3 Å². The molecule has 8 heteroatoms. The molecule has 0 aliphatic carbocycles. The SMILES string of the molecule is CCOc1cccc2nc(C)n(CCN3CCN(C(=O)c4ccc(F)cc4)CC3)c(=O)c12. The van der Waals surface area contributed by atoms with Crippen molar-refractivity contribution in [3.05, 3.63) is 70.0 Å². The number of carbonyl (C=O) groups is 1. The zero-order chi connectivity index (χ0) is 22.7. The van der Waals surface area contributed by atoms with Gasteiger partial charge in [-0.15, -0.1) is 0 Å². The van der Waals surface area contributed by atoms with E-state index >= 15 is 0 Å². The lowest BCUT2D eigenvalue weighted by atomic mass is 10.2. The highest BCUT2D eigenvalue weighted by molar-refractivity contribution is 5.94. The first kappa shape index (κ1) is 22.0. The Balaban J connectivity index is 1.41. The molecule has 2 heterocycles. The normalized spacial score (nSPS) is 14.7. The number of aromatic nitrogens is 2. The van der Waals surface area contributed by atoms with E-state index in [0.717, 1.165) is 0 Å². The van der Waals surface area contributed by atoms with Gasteiger partial charge in [-0.2, -0.15) is 0 Å². The van der Waals surface area contributed by atoms with Crippen LogP contribution in [0.1, 0.15) is 23.1 Å². The summed E-state index contributed by atoms with van der Waals surface area (Å²) in [6.45, 7) is 8.02. The lowest BCUT2D eigenvalue weighted by Gasteiger charge is -2.35. The molecule has 1 fully saturated rings. The Morgan fingerprint density at radius 1 is 1.06 bits per heavy atom. The maximum absolute atomic E-state index is 13.2. The van der Waals surface area contributed by atoms with Crippen LogP contribution in [0.5, 0.6) is 5.75 Å². The van der Waals surface area contributed by atoms with Crippen molar-refractivity contribution in [2.45, 2.75) is 20.4 Å². The Kier molecular flexibility index (Phi) is 6.50. The van der Waals surface area contributed by atoms with Crippen molar-refractivity contribution < 1.29 is 13.9 Å². The summed E-state index contributed by atoms with van der Waals surface area (Å²) in [4.78, 5) is 34.4. The lowest BCUT2D eigenvalue weighted by Crippen LogP contribution is -2.49. The number of benzene rings is 2. The minimum absolute atomic E-state index is 0.0844. The summed E-state index contributed by atoms with van der Waals surface area (Å²) in [5.41, 5.74) is 1.04. The highest BCUT2D eigenvalue weighted by Gasteiger charge is 2.22. The van der Waals surface area contributed by atoms with Crippen molar-refractivity contribution in [1.82, 2.24) is 19.4 Å². The van der Waals surface area contributed by atoms with E-state index in [1.54, 1.807) is 15.5 Å². The summed E-state index contributed by atoms with van der Waals surface area (Å²) >= 11 is 0. The summed E-state index contributed by atoms with van der Waals surface area (Å²) in [7, 11) is 0. The van der Waals surface area contributed by atoms with Gasteiger partial charge in [0.15, 0.2) is 0 Å². The molecule has 1 aliphatic heterocycles. The molecular weight excluding hydrogens is 411 g/mol. The summed E-state index contributed by atoms with van der Waals surface area (Å²) < 4.78 is 20.4. The number of nitrogens with zero attached hydrogens (tertiary/aromatic N) is 4. The predicted octanol–water partition coefficient (Wildman–Crippen LogP) is 2.70. The van der Waals surface area contributed by atoms with E-state index in [1.165, 1.54) is 24.3 Å². The molecule has 1 amide bonds. The second-order valence-corrected chi connectivity index (χ2v) is 7.84. The number of carbonyl (C=O) groups excluding carboxylic acids is 1. The summed E-state index contributed by atoms with van der Waals surface area (Å²) in [6, 6.07) is 11.1. The second kappa shape index (κ2) is 9.48. The van der Waals surface area contributed by atoms with Gasteiger partial charge in [-0.05, 0) is 50.2 Å². The average Bonchev–Trinajstić information content (AvgIpc) is 2.79. The van der Waals surface area contributed by atoms with Crippen LogP contribution in [0.15, 0.2) is 47.3 Å². The van der Waals surface area contributed by atoms with Crippen LogP contribution in [-0.4, -0.2) is 64.6 Å². The van der Waals surface area contributed by atoms with Crippen LogP contribution in [0, 0.1) is 12.7 Å². The van der Waals surface area contributed by atoms with Gasteiger partial charge in [-0.3, -0.25) is 19.1 Å². The summed E-state index contributed by atoms with van der Waals surface area (Å²) in [6.07, 6.45) is 0. The molecule has 4 rings (SSSR count). The Bertz CT molecular complexity index is 1170. The number of amides is 1. The van der Waals surface area contributed by atoms with E-state index in [4.69, 9.17) is 4.74 Å². The molecule has 32 heavy (non-hydrogen) atoms. The third-order valence-electron chi connectivity index (χ3n) is 5.83. The smallest absolute Gasteiger partial charge is 0.265 e. The second-order valence-electron chi connectivity index (χ2n) is 7.84. The van der Waals surface area contributed by atoms with Gasteiger partial charge in [0.1, 0.15) is 22.8 Å². The van der Waals surface area contributed by atoms with Crippen LogP contribution in [0.4, 0.5) is 4.39 Å². The molecule has 1 saturated heterocycles. The van der Waals surface area contributed by atoms with Gasteiger partial charge >= 0.3 is 0 Å². The van der Waals surface area contributed by atoms with Crippen molar-refractivity contribution in [3.8, 4) is 5.75 Å². The maximum Gasteiger partial charge on any atom is 0.265 e.